The third-order valence-electron chi connectivity index (χ3n) is 4.07. The maximum atomic E-state index is 4.41. The van der Waals surface area contributed by atoms with Crippen molar-refractivity contribution < 1.29 is 0 Å². The van der Waals surface area contributed by atoms with Crippen molar-refractivity contribution in [3.63, 3.8) is 0 Å². The van der Waals surface area contributed by atoms with Crippen molar-refractivity contribution >= 4 is 10.8 Å². The maximum Gasteiger partial charge on any atom is 0.0352 e. The number of fused-ring (bicyclic) bond motifs is 1. The van der Waals surface area contributed by atoms with Gasteiger partial charge in [-0.3, -0.25) is 9.97 Å². The summed E-state index contributed by atoms with van der Waals surface area (Å²) in [7, 11) is 0. The van der Waals surface area contributed by atoms with Gasteiger partial charge >= 0.3 is 0 Å². The molecule has 2 heteroatoms. The van der Waals surface area contributed by atoms with Gasteiger partial charge in [-0.05, 0) is 52.8 Å². The molecule has 0 aliphatic heterocycles. The second kappa shape index (κ2) is 5.65. The summed E-state index contributed by atoms with van der Waals surface area (Å²) in [5, 5.41) is 2.39. The number of hydrogen-bond acceptors (Lipinski definition) is 2. The van der Waals surface area contributed by atoms with Gasteiger partial charge in [0.05, 0.1) is 0 Å². The molecule has 0 saturated carbocycles. The predicted molar refractivity (Wildman–Crippen MR) is 95.1 cm³/mol. The number of benzene rings is 2. The molecule has 2 heterocycles. The van der Waals surface area contributed by atoms with E-state index in [1.807, 2.05) is 43.0 Å². The van der Waals surface area contributed by atoms with Crippen molar-refractivity contribution in [3.05, 3.63) is 84.9 Å². The van der Waals surface area contributed by atoms with E-state index in [9.17, 15) is 0 Å². The quantitative estimate of drug-likeness (QED) is 0.503. The van der Waals surface area contributed by atoms with E-state index in [0.29, 0.717) is 0 Å². The molecule has 4 rings (SSSR count). The van der Waals surface area contributed by atoms with Crippen LogP contribution in [0, 0.1) is 6.92 Å². The molecule has 0 radical (unpaired) electrons. The van der Waals surface area contributed by atoms with E-state index in [0.717, 1.165) is 5.39 Å². The highest BCUT2D eigenvalue weighted by Crippen LogP contribution is 2.31. The summed E-state index contributed by atoms with van der Waals surface area (Å²) in [5.41, 5.74) is 5.99. The summed E-state index contributed by atoms with van der Waals surface area (Å²) in [6.45, 7) is 2.13. The van der Waals surface area contributed by atoms with Crippen molar-refractivity contribution in [1.29, 1.82) is 0 Å². The van der Waals surface area contributed by atoms with Gasteiger partial charge < -0.3 is 0 Å². The zero-order valence-electron chi connectivity index (χ0n) is 12.9. The molecule has 110 valence electrons. The van der Waals surface area contributed by atoms with Gasteiger partial charge in [-0.2, -0.15) is 0 Å². The largest absolute Gasteiger partial charge is 0.265 e. The molecule has 0 aliphatic rings. The minimum Gasteiger partial charge on any atom is -0.265 e. The Hall–Kier alpha value is -3.00. The van der Waals surface area contributed by atoms with E-state index in [1.54, 1.807) is 0 Å². The summed E-state index contributed by atoms with van der Waals surface area (Å²) in [6, 6.07) is 19.1. The smallest absolute Gasteiger partial charge is 0.0352 e. The molecule has 0 bridgehead atoms. The average molecular weight is 296 g/mol. The van der Waals surface area contributed by atoms with Crippen molar-refractivity contribution in [2.24, 2.45) is 0 Å². The van der Waals surface area contributed by atoms with E-state index in [1.165, 1.54) is 33.2 Å². The van der Waals surface area contributed by atoms with Crippen LogP contribution in [-0.4, -0.2) is 9.97 Å². The second-order valence-electron chi connectivity index (χ2n) is 5.73. The molecule has 0 amide bonds. The van der Waals surface area contributed by atoms with Crippen LogP contribution in [0.1, 0.15) is 5.56 Å². The molecule has 4 aromatic rings. The monoisotopic (exact) mass is 296 g/mol. The molecule has 2 nitrogen and oxygen atoms in total. The molecule has 0 aliphatic carbocycles. The average Bonchev–Trinajstić information content (AvgIpc) is 2.61. The zero-order chi connectivity index (χ0) is 15.6. The Balaban J connectivity index is 1.94. The minimum atomic E-state index is 1.16. The lowest BCUT2D eigenvalue weighted by molar-refractivity contribution is 1.33. The Kier molecular flexibility index (Phi) is 3.35. The van der Waals surface area contributed by atoms with Crippen LogP contribution in [0.25, 0.3) is 33.0 Å². The number of aryl methyl sites for hydroxylation is 1. The zero-order valence-corrected chi connectivity index (χ0v) is 12.9. The van der Waals surface area contributed by atoms with Gasteiger partial charge in [-0.15, -0.1) is 0 Å². The summed E-state index contributed by atoms with van der Waals surface area (Å²) < 4.78 is 0. The van der Waals surface area contributed by atoms with Crippen molar-refractivity contribution in [2.75, 3.05) is 0 Å². The number of aromatic nitrogens is 2. The SMILES string of the molecule is Cc1cc(-c2ccncc2)cc(-c2cncc3ccccc23)c1. The molecular formula is C21H16N2. The summed E-state index contributed by atoms with van der Waals surface area (Å²) >= 11 is 0. The van der Waals surface area contributed by atoms with Crippen LogP contribution in [0.3, 0.4) is 0 Å². The first-order valence-corrected chi connectivity index (χ1v) is 7.66. The Labute approximate surface area is 135 Å². The van der Waals surface area contributed by atoms with E-state index >= 15 is 0 Å². The van der Waals surface area contributed by atoms with Crippen LogP contribution in [0.2, 0.25) is 0 Å². The first kappa shape index (κ1) is 13.6. The molecule has 0 saturated heterocycles. The second-order valence-corrected chi connectivity index (χ2v) is 5.73. The topological polar surface area (TPSA) is 25.8 Å². The van der Waals surface area contributed by atoms with Crippen molar-refractivity contribution in [2.45, 2.75) is 6.92 Å². The van der Waals surface area contributed by atoms with Crippen LogP contribution in [0.15, 0.2) is 79.4 Å². The Morgan fingerprint density at radius 3 is 2.35 bits per heavy atom. The van der Waals surface area contributed by atoms with Crippen LogP contribution >= 0.6 is 0 Å². The Bertz CT molecular complexity index is 970. The summed E-state index contributed by atoms with van der Waals surface area (Å²) in [4.78, 5) is 8.52. The number of hydrogen-bond donors (Lipinski definition) is 0. The molecule has 0 atom stereocenters. The van der Waals surface area contributed by atoms with E-state index in [4.69, 9.17) is 0 Å². The van der Waals surface area contributed by atoms with Gasteiger partial charge in [-0.25, -0.2) is 0 Å². The van der Waals surface area contributed by atoms with Crippen LogP contribution < -0.4 is 0 Å². The molecule has 0 unspecified atom stereocenters. The molecule has 0 N–H and O–H groups in total. The minimum absolute atomic E-state index is 1.16. The first-order chi connectivity index (χ1) is 11.3. The number of nitrogens with zero attached hydrogens (tertiary/aromatic N) is 2. The fourth-order valence-corrected chi connectivity index (χ4v) is 3.00. The summed E-state index contributed by atoms with van der Waals surface area (Å²) in [5.74, 6) is 0. The third kappa shape index (κ3) is 2.59. The fourth-order valence-electron chi connectivity index (χ4n) is 3.00. The lowest BCUT2D eigenvalue weighted by Crippen LogP contribution is -1.87. The van der Waals surface area contributed by atoms with Crippen molar-refractivity contribution in [3.8, 4) is 22.3 Å². The molecule has 23 heavy (non-hydrogen) atoms. The molecule has 2 aromatic carbocycles. The van der Waals surface area contributed by atoms with E-state index < -0.39 is 0 Å². The first-order valence-electron chi connectivity index (χ1n) is 7.66. The van der Waals surface area contributed by atoms with E-state index in [2.05, 4.69) is 53.3 Å². The molecule has 0 spiro atoms. The number of rotatable bonds is 2. The highest BCUT2D eigenvalue weighted by atomic mass is 14.6. The fraction of sp³-hybridized carbons (Fsp3) is 0.0476. The van der Waals surface area contributed by atoms with E-state index in [-0.39, 0.29) is 0 Å². The lowest BCUT2D eigenvalue weighted by Gasteiger charge is -2.10. The lowest BCUT2D eigenvalue weighted by atomic mass is 9.95. The highest BCUT2D eigenvalue weighted by molar-refractivity contribution is 5.96. The van der Waals surface area contributed by atoms with Crippen molar-refractivity contribution in [1.82, 2.24) is 9.97 Å². The Morgan fingerprint density at radius 1 is 0.696 bits per heavy atom. The van der Waals surface area contributed by atoms with Gasteiger partial charge in [0.1, 0.15) is 0 Å². The van der Waals surface area contributed by atoms with Crippen LogP contribution in [0.5, 0.6) is 0 Å². The highest BCUT2D eigenvalue weighted by Gasteiger charge is 2.07. The third-order valence-corrected chi connectivity index (χ3v) is 4.07. The maximum absolute atomic E-state index is 4.41. The van der Waals surface area contributed by atoms with Gasteiger partial charge in [0, 0.05) is 35.7 Å². The van der Waals surface area contributed by atoms with Crippen LogP contribution in [0.4, 0.5) is 0 Å². The van der Waals surface area contributed by atoms with Gasteiger partial charge in [-0.1, -0.05) is 36.4 Å². The molecule has 0 fully saturated rings. The standard InChI is InChI=1S/C21H16N2/c1-15-10-18(16-6-8-22-9-7-16)12-19(11-15)21-14-23-13-17-4-2-3-5-20(17)21/h2-14H,1H3. The molecular weight excluding hydrogens is 280 g/mol. The van der Waals surface area contributed by atoms with Gasteiger partial charge in [0.25, 0.3) is 0 Å². The number of pyridine rings is 2. The normalized spacial score (nSPS) is 10.8. The Morgan fingerprint density at radius 2 is 1.48 bits per heavy atom. The summed E-state index contributed by atoms with van der Waals surface area (Å²) in [6.07, 6.45) is 7.53. The van der Waals surface area contributed by atoms with Gasteiger partial charge in [0.2, 0.25) is 0 Å². The van der Waals surface area contributed by atoms with Crippen LogP contribution in [-0.2, 0) is 0 Å². The predicted octanol–water partition coefficient (Wildman–Crippen LogP) is 5.27. The molecule has 2 aromatic heterocycles. The van der Waals surface area contributed by atoms with Gasteiger partial charge in [0.15, 0.2) is 0 Å².